The molecule has 1 unspecified atom stereocenters. The van der Waals surface area contributed by atoms with Crippen LogP contribution >= 0.6 is 0 Å². The molecule has 0 amide bonds. The van der Waals surface area contributed by atoms with Gasteiger partial charge >= 0.3 is 0 Å². The molecule has 0 aliphatic heterocycles. The van der Waals surface area contributed by atoms with Crippen molar-refractivity contribution >= 4 is 0 Å². The van der Waals surface area contributed by atoms with E-state index >= 15 is 0 Å². The first-order valence-electron chi connectivity index (χ1n) is 7.27. The van der Waals surface area contributed by atoms with Gasteiger partial charge in [-0.05, 0) is 50.4 Å². The van der Waals surface area contributed by atoms with Crippen LogP contribution in [0.4, 0.5) is 0 Å². The van der Waals surface area contributed by atoms with Gasteiger partial charge in [-0.2, -0.15) is 0 Å². The van der Waals surface area contributed by atoms with Gasteiger partial charge in [0, 0.05) is 6.04 Å². The maximum atomic E-state index is 6.30. The highest BCUT2D eigenvalue weighted by molar-refractivity contribution is 4.81. The second kappa shape index (κ2) is 6.02. The Kier molecular flexibility index (Phi) is 4.66. The maximum absolute atomic E-state index is 6.30. The van der Waals surface area contributed by atoms with E-state index in [-0.39, 0.29) is 6.17 Å². The molecule has 0 saturated heterocycles. The van der Waals surface area contributed by atoms with Crippen molar-refractivity contribution in [2.24, 2.45) is 17.6 Å². The van der Waals surface area contributed by atoms with E-state index in [2.05, 4.69) is 12.2 Å². The van der Waals surface area contributed by atoms with Crippen LogP contribution in [0.15, 0.2) is 0 Å². The Bertz CT molecular complexity index is 191. The van der Waals surface area contributed by atoms with E-state index in [1.54, 1.807) is 0 Å². The molecular weight excluding hydrogens is 196 g/mol. The molecule has 2 aliphatic rings. The minimum atomic E-state index is 0.263. The third kappa shape index (κ3) is 3.46. The molecule has 1 atom stereocenters. The Morgan fingerprint density at radius 1 is 0.938 bits per heavy atom. The van der Waals surface area contributed by atoms with Crippen LogP contribution in [0.1, 0.15) is 64.7 Å². The molecule has 0 heterocycles. The van der Waals surface area contributed by atoms with Crippen LogP contribution in [-0.2, 0) is 0 Å². The highest BCUT2D eigenvalue weighted by atomic mass is 15.1. The highest BCUT2D eigenvalue weighted by Crippen LogP contribution is 2.27. The quantitative estimate of drug-likeness (QED) is 0.723. The lowest BCUT2D eigenvalue weighted by Gasteiger charge is -2.34. The lowest BCUT2D eigenvalue weighted by atomic mass is 9.84. The summed E-state index contributed by atoms with van der Waals surface area (Å²) in [6, 6.07) is 0.702. The topological polar surface area (TPSA) is 38.0 Å². The van der Waals surface area contributed by atoms with Crippen LogP contribution in [0.25, 0.3) is 0 Å². The summed E-state index contributed by atoms with van der Waals surface area (Å²) in [5.74, 6) is 1.68. The first kappa shape index (κ1) is 12.4. The number of hydrogen-bond acceptors (Lipinski definition) is 2. The molecule has 0 aromatic rings. The first-order valence-corrected chi connectivity index (χ1v) is 7.27. The molecule has 0 aromatic carbocycles. The van der Waals surface area contributed by atoms with Crippen molar-refractivity contribution in [3.05, 3.63) is 0 Å². The number of nitrogens with one attached hydrogen (secondary N) is 1. The van der Waals surface area contributed by atoms with Gasteiger partial charge in [0.05, 0.1) is 6.17 Å². The Morgan fingerprint density at radius 3 is 2.19 bits per heavy atom. The molecule has 0 radical (unpaired) electrons. The van der Waals surface area contributed by atoms with Gasteiger partial charge in [0.2, 0.25) is 0 Å². The molecule has 3 N–H and O–H groups in total. The van der Waals surface area contributed by atoms with E-state index < -0.39 is 0 Å². The molecule has 2 heteroatoms. The average Bonchev–Trinajstić information content (AvgIpc) is 2.33. The maximum Gasteiger partial charge on any atom is 0.0577 e. The van der Waals surface area contributed by atoms with E-state index in [0.29, 0.717) is 6.04 Å². The molecule has 2 rings (SSSR count). The molecule has 2 fully saturated rings. The van der Waals surface area contributed by atoms with Crippen LogP contribution in [0.5, 0.6) is 0 Å². The van der Waals surface area contributed by atoms with Crippen molar-refractivity contribution in [3.63, 3.8) is 0 Å². The van der Waals surface area contributed by atoms with Gasteiger partial charge in [0.15, 0.2) is 0 Å². The van der Waals surface area contributed by atoms with Crippen molar-refractivity contribution in [2.45, 2.75) is 76.9 Å². The Morgan fingerprint density at radius 2 is 1.56 bits per heavy atom. The second-order valence-corrected chi connectivity index (χ2v) is 6.05. The van der Waals surface area contributed by atoms with Crippen LogP contribution in [0.3, 0.4) is 0 Å². The van der Waals surface area contributed by atoms with Gasteiger partial charge < -0.3 is 5.73 Å². The molecule has 0 aromatic heterocycles. The average molecular weight is 224 g/mol. The predicted molar refractivity (Wildman–Crippen MR) is 69.1 cm³/mol. The van der Waals surface area contributed by atoms with Crippen LogP contribution in [0.2, 0.25) is 0 Å². The minimum absolute atomic E-state index is 0.263. The molecule has 16 heavy (non-hydrogen) atoms. The summed E-state index contributed by atoms with van der Waals surface area (Å²) < 4.78 is 0. The molecule has 94 valence electrons. The normalized spacial score (nSPS) is 34.9. The molecular formula is C14H28N2. The van der Waals surface area contributed by atoms with E-state index in [1.165, 1.54) is 57.8 Å². The Hall–Kier alpha value is -0.0800. The summed E-state index contributed by atoms with van der Waals surface area (Å²) >= 11 is 0. The fourth-order valence-corrected chi connectivity index (χ4v) is 3.33. The predicted octanol–water partition coefficient (Wildman–Crippen LogP) is 3.02. The van der Waals surface area contributed by atoms with Gasteiger partial charge in [0.1, 0.15) is 0 Å². The van der Waals surface area contributed by atoms with Crippen molar-refractivity contribution < 1.29 is 0 Å². The zero-order valence-electron chi connectivity index (χ0n) is 10.8. The monoisotopic (exact) mass is 224 g/mol. The number of rotatable bonds is 3. The fraction of sp³-hybridized carbons (Fsp3) is 1.00. The summed E-state index contributed by atoms with van der Waals surface area (Å²) in [5, 5.41) is 3.69. The molecule has 2 aliphatic carbocycles. The first-order chi connectivity index (χ1) is 7.75. The third-order valence-corrected chi connectivity index (χ3v) is 4.60. The molecule has 2 saturated carbocycles. The Balaban J connectivity index is 1.71. The SMILES string of the molecule is CC1CCC(NC(N)C2CCCCC2)CC1. The molecule has 2 nitrogen and oxygen atoms in total. The number of hydrogen-bond donors (Lipinski definition) is 2. The zero-order valence-corrected chi connectivity index (χ0v) is 10.8. The lowest BCUT2D eigenvalue weighted by molar-refractivity contribution is 0.221. The van der Waals surface area contributed by atoms with Gasteiger partial charge in [-0.1, -0.05) is 26.2 Å². The summed E-state index contributed by atoms with van der Waals surface area (Å²) in [5.41, 5.74) is 6.30. The second-order valence-electron chi connectivity index (χ2n) is 6.05. The van der Waals surface area contributed by atoms with Gasteiger partial charge in [-0.3, -0.25) is 5.32 Å². The van der Waals surface area contributed by atoms with Gasteiger partial charge in [-0.15, -0.1) is 0 Å². The number of nitrogens with two attached hydrogens (primary N) is 1. The standard InChI is InChI=1S/C14H28N2/c1-11-7-9-13(10-8-11)16-14(15)12-5-3-2-4-6-12/h11-14,16H,2-10,15H2,1H3. The summed E-state index contributed by atoms with van der Waals surface area (Å²) in [4.78, 5) is 0. The smallest absolute Gasteiger partial charge is 0.0577 e. The van der Waals surface area contributed by atoms with Crippen molar-refractivity contribution in [1.82, 2.24) is 5.32 Å². The van der Waals surface area contributed by atoms with E-state index in [9.17, 15) is 0 Å². The van der Waals surface area contributed by atoms with E-state index in [1.807, 2.05) is 0 Å². The van der Waals surface area contributed by atoms with Gasteiger partial charge in [0.25, 0.3) is 0 Å². The minimum Gasteiger partial charge on any atom is -0.316 e. The van der Waals surface area contributed by atoms with E-state index in [0.717, 1.165) is 11.8 Å². The van der Waals surface area contributed by atoms with Crippen LogP contribution < -0.4 is 11.1 Å². The highest BCUT2D eigenvalue weighted by Gasteiger charge is 2.24. The molecule has 0 spiro atoms. The largest absolute Gasteiger partial charge is 0.316 e. The summed E-state index contributed by atoms with van der Waals surface area (Å²) in [6.45, 7) is 2.37. The fourth-order valence-electron chi connectivity index (χ4n) is 3.33. The lowest BCUT2D eigenvalue weighted by Crippen LogP contribution is -2.50. The summed E-state index contributed by atoms with van der Waals surface area (Å²) in [6.07, 6.45) is 12.6. The van der Waals surface area contributed by atoms with Crippen molar-refractivity contribution in [1.29, 1.82) is 0 Å². The van der Waals surface area contributed by atoms with Crippen molar-refractivity contribution in [2.75, 3.05) is 0 Å². The van der Waals surface area contributed by atoms with Gasteiger partial charge in [-0.25, -0.2) is 0 Å². The zero-order chi connectivity index (χ0) is 11.4. The van der Waals surface area contributed by atoms with Crippen LogP contribution in [-0.4, -0.2) is 12.2 Å². The molecule has 0 bridgehead atoms. The van der Waals surface area contributed by atoms with E-state index in [4.69, 9.17) is 5.73 Å². The Labute approximate surface area is 100 Å². The van der Waals surface area contributed by atoms with Crippen LogP contribution in [0, 0.1) is 11.8 Å². The summed E-state index contributed by atoms with van der Waals surface area (Å²) in [7, 11) is 0. The third-order valence-electron chi connectivity index (χ3n) is 4.60. The van der Waals surface area contributed by atoms with Crippen molar-refractivity contribution in [3.8, 4) is 0 Å².